The largest absolute Gasteiger partial charge is 0.356 e. The van der Waals surface area contributed by atoms with Crippen molar-refractivity contribution < 1.29 is 4.79 Å². The fourth-order valence-corrected chi connectivity index (χ4v) is 3.26. The first-order valence-electron chi connectivity index (χ1n) is 7.51. The molecule has 0 radical (unpaired) electrons. The average molecular weight is 348 g/mol. The van der Waals surface area contributed by atoms with Gasteiger partial charge in [0.2, 0.25) is 5.91 Å². The Morgan fingerprint density at radius 3 is 2.78 bits per heavy atom. The van der Waals surface area contributed by atoms with E-state index in [1.165, 1.54) is 0 Å². The van der Waals surface area contributed by atoms with Crippen molar-refractivity contribution >= 4 is 33.8 Å². The Labute approximate surface area is 144 Å². The van der Waals surface area contributed by atoms with Crippen molar-refractivity contribution in [1.82, 2.24) is 14.7 Å². The molecule has 0 unspecified atom stereocenters. The van der Waals surface area contributed by atoms with E-state index < -0.39 is 0 Å². The van der Waals surface area contributed by atoms with Crippen LogP contribution in [-0.4, -0.2) is 21.8 Å². The van der Waals surface area contributed by atoms with Gasteiger partial charge in [0.25, 0.3) is 0 Å². The van der Waals surface area contributed by atoms with Crippen molar-refractivity contribution in [1.29, 1.82) is 0 Å². The molecule has 0 aliphatic heterocycles. The van der Waals surface area contributed by atoms with E-state index in [2.05, 4.69) is 24.1 Å². The van der Waals surface area contributed by atoms with Crippen molar-refractivity contribution in [2.24, 2.45) is 5.92 Å². The van der Waals surface area contributed by atoms with Gasteiger partial charge in [-0.2, -0.15) is 0 Å². The summed E-state index contributed by atoms with van der Waals surface area (Å²) in [7, 11) is 0. The van der Waals surface area contributed by atoms with E-state index >= 15 is 0 Å². The number of amides is 1. The predicted molar refractivity (Wildman–Crippen MR) is 95.1 cm³/mol. The summed E-state index contributed by atoms with van der Waals surface area (Å²) in [6.07, 6.45) is 2.34. The van der Waals surface area contributed by atoms with Gasteiger partial charge >= 0.3 is 0 Å². The molecule has 1 N–H and O–H groups in total. The van der Waals surface area contributed by atoms with Crippen LogP contribution in [0.25, 0.3) is 16.2 Å². The second-order valence-corrected chi connectivity index (χ2v) is 7.16. The van der Waals surface area contributed by atoms with Crippen molar-refractivity contribution in [3.63, 3.8) is 0 Å². The van der Waals surface area contributed by atoms with Crippen LogP contribution in [0.2, 0.25) is 5.02 Å². The number of aromatic nitrogens is 2. The molecule has 0 aliphatic rings. The number of fused-ring (bicyclic) bond motifs is 1. The molecule has 2 heterocycles. The number of carbonyl (C=O) groups excluding carboxylic acids is 1. The third-order valence-electron chi connectivity index (χ3n) is 3.47. The molecule has 23 heavy (non-hydrogen) atoms. The molecule has 1 amide bonds. The maximum Gasteiger partial charge on any atom is 0.225 e. The van der Waals surface area contributed by atoms with Gasteiger partial charge in [0.05, 0.1) is 12.1 Å². The first-order chi connectivity index (χ1) is 11.0. The molecule has 6 heteroatoms. The number of nitrogens with zero attached hydrogens (tertiary/aromatic N) is 2. The highest BCUT2D eigenvalue weighted by Gasteiger charge is 2.12. The minimum Gasteiger partial charge on any atom is -0.356 e. The lowest BCUT2D eigenvalue weighted by molar-refractivity contribution is -0.120. The zero-order valence-corrected chi connectivity index (χ0v) is 14.6. The highest BCUT2D eigenvalue weighted by atomic mass is 35.5. The van der Waals surface area contributed by atoms with E-state index in [9.17, 15) is 4.79 Å². The van der Waals surface area contributed by atoms with Crippen molar-refractivity contribution in [3.05, 3.63) is 46.6 Å². The summed E-state index contributed by atoms with van der Waals surface area (Å²) in [6.45, 7) is 4.86. The van der Waals surface area contributed by atoms with Crippen LogP contribution in [-0.2, 0) is 11.2 Å². The molecule has 2 aromatic heterocycles. The van der Waals surface area contributed by atoms with Crippen LogP contribution in [0.5, 0.6) is 0 Å². The number of carbonyl (C=O) groups is 1. The summed E-state index contributed by atoms with van der Waals surface area (Å²) in [5.74, 6) is 0.492. The summed E-state index contributed by atoms with van der Waals surface area (Å²) in [4.78, 5) is 17.5. The van der Waals surface area contributed by atoms with E-state index in [-0.39, 0.29) is 5.91 Å². The molecule has 0 aliphatic carbocycles. The molecule has 0 spiro atoms. The number of nitrogens with one attached hydrogen (secondary N) is 1. The standard InChI is InChI=1S/C17H18ClN3OS/c1-11(2)8-19-16(22)7-14-10-23-17-20-15(9-21(14)17)12-3-5-13(18)6-4-12/h3-6,9-11H,7-8H2,1-2H3,(H,19,22). The zero-order valence-electron chi connectivity index (χ0n) is 13.0. The van der Waals surface area contributed by atoms with Crippen molar-refractivity contribution in [3.8, 4) is 11.3 Å². The Morgan fingerprint density at radius 2 is 2.09 bits per heavy atom. The third kappa shape index (κ3) is 3.74. The number of rotatable bonds is 5. The van der Waals surface area contributed by atoms with Crippen LogP contribution >= 0.6 is 22.9 Å². The van der Waals surface area contributed by atoms with Gasteiger partial charge in [0, 0.05) is 34.4 Å². The van der Waals surface area contributed by atoms with Gasteiger partial charge in [-0.1, -0.05) is 37.6 Å². The fourth-order valence-electron chi connectivity index (χ4n) is 2.26. The highest BCUT2D eigenvalue weighted by Crippen LogP contribution is 2.25. The van der Waals surface area contributed by atoms with Crippen LogP contribution in [0.3, 0.4) is 0 Å². The molecule has 120 valence electrons. The van der Waals surface area contributed by atoms with Gasteiger partial charge < -0.3 is 5.32 Å². The van der Waals surface area contributed by atoms with Crippen LogP contribution in [0.1, 0.15) is 19.5 Å². The van der Waals surface area contributed by atoms with Gasteiger partial charge in [0.15, 0.2) is 4.96 Å². The van der Waals surface area contributed by atoms with E-state index in [0.717, 1.165) is 21.9 Å². The maximum atomic E-state index is 12.0. The van der Waals surface area contributed by atoms with E-state index in [1.807, 2.05) is 40.2 Å². The maximum absolute atomic E-state index is 12.0. The molecular formula is C17H18ClN3OS. The van der Waals surface area contributed by atoms with Crippen molar-refractivity contribution in [2.75, 3.05) is 6.54 Å². The summed E-state index contributed by atoms with van der Waals surface area (Å²) in [6, 6.07) is 7.60. The second-order valence-electron chi connectivity index (χ2n) is 5.89. The van der Waals surface area contributed by atoms with Crippen LogP contribution in [0.15, 0.2) is 35.8 Å². The highest BCUT2D eigenvalue weighted by molar-refractivity contribution is 7.15. The summed E-state index contributed by atoms with van der Waals surface area (Å²) in [5.41, 5.74) is 2.86. The number of hydrogen-bond acceptors (Lipinski definition) is 3. The third-order valence-corrected chi connectivity index (χ3v) is 4.61. The normalized spacial score (nSPS) is 11.3. The van der Waals surface area contributed by atoms with Crippen LogP contribution in [0, 0.1) is 5.92 Å². The molecule has 3 rings (SSSR count). The van der Waals surface area contributed by atoms with Crippen LogP contribution < -0.4 is 5.32 Å². The molecule has 0 saturated carbocycles. The smallest absolute Gasteiger partial charge is 0.225 e. The lowest BCUT2D eigenvalue weighted by atomic mass is 10.2. The monoisotopic (exact) mass is 347 g/mol. The van der Waals surface area contributed by atoms with E-state index in [0.29, 0.717) is 23.9 Å². The number of hydrogen-bond donors (Lipinski definition) is 1. The van der Waals surface area contributed by atoms with Crippen molar-refractivity contribution in [2.45, 2.75) is 20.3 Å². The molecule has 1 aromatic carbocycles. The van der Waals surface area contributed by atoms with Gasteiger partial charge in [-0.15, -0.1) is 11.3 Å². The molecular weight excluding hydrogens is 330 g/mol. The molecule has 0 fully saturated rings. The molecule has 0 saturated heterocycles. The summed E-state index contributed by atoms with van der Waals surface area (Å²) >= 11 is 7.47. The zero-order chi connectivity index (χ0) is 16.4. The lowest BCUT2D eigenvalue weighted by Crippen LogP contribution is -2.28. The van der Waals surface area contributed by atoms with Gasteiger partial charge in [-0.3, -0.25) is 9.20 Å². The number of halogens is 1. The Balaban J connectivity index is 1.80. The van der Waals surface area contributed by atoms with Gasteiger partial charge in [-0.25, -0.2) is 4.98 Å². The lowest BCUT2D eigenvalue weighted by Gasteiger charge is -2.06. The Hall–Kier alpha value is -1.85. The first kappa shape index (κ1) is 16.0. The summed E-state index contributed by atoms with van der Waals surface area (Å²) in [5, 5.41) is 5.64. The van der Waals surface area contributed by atoms with Crippen LogP contribution in [0.4, 0.5) is 0 Å². The topological polar surface area (TPSA) is 46.4 Å². The minimum absolute atomic E-state index is 0.0418. The number of thiazole rings is 1. The molecule has 0 atom stereocenters. The number of imidazole rings is 1. The minimum atomic E-state index is 0.0418. The fraction of sp³-hybridized carbons (Fsp3) is 0.294. The Kier molecular flexibility index (Phi) is 4.68. The SMILES string of the molecule is CC(C)CNC(=O)Cc1csc2nc(-c3ccc(Cl)cc3)cn12. The molecule has 0 bridgehead atoms. The molecule has 3 aromatic rings. The second kappa shape index (κ2) is 6.72. The Bertz CT molecular complexity index is 820. The number of benzene rings is 1. The predicted octanol–water partition coefficient (Wildman–Crippen LogP) is 4.03. The molecule has 4 nitrogen and oxygen atoms in total. The quantitative estimate of drug-likeness (QED) is 0.757. The summed E-state index contributed by atoms with van der Waals surface area (Å²) < 4.78 is 1.99. The van der Waals surface area contributed by atoms with Gasteiger partial charge in [-0.05, 0) is 18.1 Å². The Morgan fingerprint density at radius 1 is 1.35 bits per heavy atom. The first-order valence-corrected chi connectivity index (χ1v) is 8.77. The van der Waals surface area contributed by atoms with E-state index in [1.54, 1.807) is 11.3 Å². The van der Waals surface area contributed by atoms with E-state index in [4.69, 9.17) is 11.6 Å². The average Bonchev–Trinajstić information content (AvgIpc) is 3.08. The van der Waals surface area contributed by atoms with Gasteiger partial charge in [0.1, 0.15) is 0 Å².